The van der Waals surface area contributed by atoms with Gasteiger partial charge in [-0.3, -0.25) is 0 Å². The van der Waals surface area contributed by atoms with Crippen LogP contribution in [0.25, 0.3) is 22.8 Å². The first-order valence-electron chi connectivity index (χ1n) is 11.9. The van der Waals surface area contributed by atoms with E-state index in [0.717, 1.165) is 36.0 Å². The van der Waals surface area contributed by atoms with E-state index >= 15 is 0 Å². The van der Waals surface area contributed by atoms with Crippen LogP contribution >= 0.6 is 0 Å². The van der Waals surface area contributed by atoms with Crippen LogP contribution in [0.1, 0.15) is 49.4 Å². The molecule has 9 heteroatoms. The number of amides is 2. The van der Waals surface area contributed by atoms with Gasteiger partial charge >= 0.3 is 6.03 Å². The van der Waals surface area contributed by atoms with Crippen LogP contribution in [-0.2, 0) is 6.42 Å². The predicted octanol–water partition coefficient (Wildman–Crippen LogP) is 3.79. The fraction of sp³-hybridized carbons (Fsp3) is 0.385. The van der Waals surface area contributed by atoms with Crippen molar-refractivity contribution in [2.45, 2.75) is 51.3 Å². The second kappa shape index (κ2) is 9.39. The molecule has 0 radical (unpaired) electrons. The number of fused-ring (bicyclic) bond motifs is 1. The Morgan fingerprint density at radius 1 is 1.31 bits per heavy atom. The van der Waals surface area contributed by atoms with Gasteiger partial charge in [0.05, 0.1) is 17.7 Å². The Hall–Kier alpha value is -3.90. The highest BCUT2D eigenvalue weighted by atomic mass is 16.5. The molecule has 2 atom stereocenters. The number of nitrogens with one attached hydrogen (secondary N) is 1. The summed E-state index contributed by atoms with van der Waals surface area (Å²) in [5.74, 6) is 1.34. The van der Waals surface area contributed by atoms with Gasteiger partial charge in [0.2, 0.25) is 5.82 Å². The number of nitriles is 1. The number of hydrogen-bond donors (Lipinski definition) is 2. The fourth-order valence-electron chi connectivity index (χ4n) is 4.78. The highest BCUT2D eigenvalue weighted by Crippen LogP contribution is 2.38. The van der Waals surface area contributed by atoms with E-state index in [0.29, 0.717) is 41.7 Å². The van der Waals surface area contributed by atoms with E-state index in [9.17, 15) is 10.1 Å². The number of nitrogens with two attached hydrogens (primary N) is 1. The van der Waals surface area contributed by atoms with Gasteiger partial charge in [-0.05, 0) is 62.4 Å². The molecule has 3 N–H and O–H groups in total. The third-order valence-corrected chi connectivity index (χ3v) is 6.46. The second-order valence-electron chi connectivity index (χ2n) is 9.32. The van der Waals surface area contributed by atoms with Crippen LogP contribution in [0.15, 0.2) is 40.9 Å². The molecule has 2 heterocycles. The molecule has 2 amide bonds. The van der Waals surface area contributed by atoms with E-state index in [2.05, 4.69) is 21.5 Å². The number of nitrogens with zero attached hydrogens (tertiary/aromatic N) is 4. The Balaban J connectivity index is 1.37. The van der Waals surface area contributed by atoms with E-state index in [1.165, 1.54) is 0 Å². The third kappa shape index (κ3) is 4.57. The van der Waals surface area contributed by atoms with Gasteiger partial charge < -0.3 is 25.2 Å². The van der Waals surface area contributed by atoms with E-state index in [1.807, 2.05) is 32.0 Å². The SMILES string of the molecule is CC(C)Oc1ccc(-c2nc(-c3cccc4c3CCC4NC(=O)N3CC[C@@H](N)C3)no2)cc1C#N. The first kappa shape index (κ1) is 22.9. The van der Waals surface area contributed by atoms with Crippen molar-refractivity contribution >= 4 is 6.03 Å². The molecule has 9 nitrogen and oxygen atoms in total. The van der Waals surface area contributed by atoms with Crippen molar-refractivity contribution in [1.29, 1.82) is 5.26 Å². The maximum atomic E-state index is 12.7. The molecule has 5 rings (SSSR count). The molecule has 1 saturated heterocycles. The molecule has 2 aliphatic rings. The Morgan fingerprint density at radius 2 is 2.17 bits per heavy atom. The van der Waals surface area contributed by atoms with Crippen molar-refractivity contribution in [3.63, 3.8) is 0 Å². The summed E-state index contributed by atoms with van der Waals surface area (Å²) in [6, 6.07) is 13.3. The van der Waals surface area contributed by atoms with Crippen LogP contribution in [0.2, 0.25) is 0 Å². The van der Waals surface area contributed by atoms with Crippen molar-refractivity contribution in [2.75, 3.05) is 13.1 Å². The number of carbonyl (C=O) groups is 1. The Labute approximate surface area is 203 Å². The van der Waals surface area contributed by atoms with Gasteiger partial charge in [0.15, 0.2) is 0 Å². The van der Waals surface area contributed by atoms with Crippen molar-refractivity contribution in [3.8, 4) is 34.7 Å². The minimum Gasteiger partial charge on any atom is -0.490 e. The third-order valence-electron chi connectivity index (χ3n) is 6.46. The number of carbonyl (C=O) groups excluding carboxylic acids is 1. The molecule has 0 saturated carbocycles. The van der Waals surface area contributed by atoms with Crippen molar-refractivity contribution in [2.24, 2.45) is 5.73 Å². The summed E-state index contributed by atoms with van der Waals surface area (Å²) in [7, 11) is 0. The summed E-state index contributed by atoms with van der Waals surface area (Å²) < 4.78 is 11.3. The molecule has 1 aliphatic carbocycles. The molecule has 2 aromatic carbocycles. The van der Waals surface area contributed by atoms with E-state index < -0.39 is 0 Å². The Kier molecular flexibility index (Phi) is 6.14. The standard InChI is InChI=1S/C26H28N6O3/c1-15(2)34-23-9-6-16(12-17(23)13-27)25-30-24(31-35-25)21-5-3-4-20-19(21)7-8-22(20)29-26(33)32-11-10-18(28)14-32/h3-6,9,12,15,18,22H,7-8,10-11,14,28H2,1-2H3,(H,29,33)/t18-,22?/m1/s1. The van der Waals surface area contributed by atoms with E-state index in [4.69, 9.17) is 15.0 Å². The number of urea groups is 1. The van der Waals surface area contributed by atoms with Gasteiger partial charge in [0, 0.05) is 30.3 Å². The molecule has 35 heavy (non-hydrogen) atoms. The normalized spacial score (nSPS) is 19.0. The van der Waals surface area contributed by atoms with Crippen LogP contribution in [0.3, 0.4) is 0 Å². The smallest absolute Gasteiger partial charge is 0.317 e. The van der Waals surface area contributed by atoms with Crippen molar-refractivity contribution in [1.82, 2.24) is 20.4 Å². The summed E-state index contributed by atoms with van der Waals surface area (Å²) in [6.45, 7) is 5.11. The van der Waals surface area contributed by atoms with Crippen LogP contribution in [-0.4, -0.2) is 46.3 Å². The van der Waals surface area contributed by atoms with Gasteiger partial charge in [0.1, 0.15) is 11.8 Å². The first-order chi connectivity index (χ1) is 16.9. The van der Waals surface area contributed by atoms with Gasteiger partial charge in [-0.2, -0.15) is 10.2 Å². The molecular weight excluding hydrogens is 444 g/mol. The lowest BCUT2D eigenvalue weighted by molar-refractivity contribution is 0.204. The number of aromatic nitrogens is 2. The lowest BCUT2D eigenvalue weighted by Crippen LogP contribution is -2.41. The monoisotopic (exact) mass is 472 g/mol. The molecule has 0 bridgehead atoms. The van der Waals surface area contributed by atoms with Crippen molar-refractivity contribution in [3.05, 3.63) is 53.1 Å². The topological polar surface area (TPSA) is 130 Å². The highest BCUT2D eigenvalue weighted by Gasteiger charge is 2.30. The second-order valence-corrected chi connectivity index (χ2v) is 9.32. The average molecular weight is 473 g/mol. The summed E-state index contributed by atoms with van der Waals surface area (Å²) in [4.78, 5) is 19.1. The van der Waals surface area contributed by atoms with Gasteiger partial charge in [-0.15, -0.1) is 0 Å². The molecule has 1 unspecified atom stereocenters. The minimum atomic E-state index is -0.0683. The number of hydrogen-bond acceptors (Lipinski definition) is 7. The van der Waals surface area contributed by atoms with Gasteiger partial charge in [-0.25, -0.2) is 4.79 Å². The molecule has 180 valence electrons. The zero-order chi connectivity index (χ0) is 24.5. The van der Waals surface area contributed by atoms with E-state index in [-0.39, 0.29) is 24.2 Å². The Bertz CT molecular complexity index is 1290. The van der Waals surface area contributed by atoms with Crippen molar-refractivity contribution < 1.29 is 14.1 Å². The summed E-state index contributed by atoms with van der Waals surface area (Å²) in [6.07, 6.45) is 2.41. The number of rotatable bonds is 5. The average Bonchev–Trinajstić information content (AvgIpc) is 3.59. The molecular formula is C26H28N6O3. The fourth-order valence-corrected chi connectivity index (χ4v) is 4.78. The quantitative estimate of drug-likeness (QED) is 0.578. The lowest BCUT2D eigenvalue weighted by atomic mass is 10.0. The van der Waals surface area contributed by atoms with E-state index in [1.54, 1.807) is 23.1 Å². The highest BCUT2D eigenvalue weighted by molar-refractivity contribution is 5.76. The van der Waals surface area contributed by atoms with Crippen LogP contribution in [0.5, 0.6) is 5.75 Å². The predicted molar refractivity (Wildman–Crippen MR) is 129 cm³/mol. The first-order valence-corrected chi connectivity index (χ1v) is 11.9. The minimum absolute atomic E-state index is 0.0373. The molecule has 1 aromatic heterocycles. The largest absolute Gasteiger partial charge is 0.490 e. The summed E-state index contributed by atoms with van der Waals surface area (Å²) >= 11 is 0. The Morgan fingerprint density at radius 3 is 2.91 bits per heavy atom. The number of benzene rings is 2. The maximum Gasteiger partial charge on any atom is 0.317 e. The van der Waals surface area contributed by atoms with Gasteiger partial charge in [0.25, 0.3) is 5.89 Å². The zero-order valence-electron chi connectivity index (χ0n) is 19.8. The van der Waals surface area contributed by atoms with Gasteiger partial charge in [-0.1, -0.05) is 23.4 Å². The van der Waals surface area contributed by atoms with Crippen LogP contribution in [0.4, 0.5) is 4.79 Å². The molecule has 3 aromatic rings. The maximum absolute atomic E-state index is 12.7. The number of ether oxygens (including phenoxy) is 1. The summed E-state index contributed by atoms with van der Waals surface area (Å²) in [5, 5.41) is 16.9. The molecule has 0 spiro atoms. The molecule has 1 aliphatic heterocycles. The number of likely N-dealkylation sites (tertiary alicyclic amines) is 1. The lowest BCUT2D eigenvalue weighted by Gasteiger charge is -2.21. The zero-order valence-corrected chi connectivity index (χ0v) is 19.8. The van der Waals surface area contributed by atoms with Crippen LogP contribution < -0.4 is 15.8 Å². The summed E-state index contributed by atoms with van der Waals surface area (Å²) in [5.41, 5.74) is 10.1. The van der Waals surface area contributed by atoms with Crippen LogP contribution in [0, 0.1) is 11.3 Å². The molecule has 1 fully saturated rings.